The number of aliphatic hydroxyl groups excluding tert-OH is 1. The highest BCUT2D eigenvalue weighted by atomic mass is 16.3. The van der Waals surface area contributed by atoms with Crippen LogP contribution in [0.1, 0.15) is 59.3 Å². The standard InChI is InChI=1S/C13H24O/c1-12(2)10-6-4-5-8-13(10,3)9-7-11(12)14/h10-11,14H,4-9H2,1-3H3/t10-,11-,13-/m1/s1. The minimum Gasteiger partial charge on any atom is -0.393 e. The Labute approximate surface area is 87.9 Å². The van der Waals surface area contributed by atoms with Crippen molar-refractivity contribution in [3.05, 3.63) is 0 Å². The second-order valence-electron chi connectivity index (χ2n) is 6.33. The Balaban J connectivity index is 2.26. The topological polar surface area (TPSA) is 20.2 Å². The Morgan fingerprint density at radius 2 is 1.71 bits per heavy atom. The van der Waals surface area contributed by atoms with E-state index in [0.29, 0.717) is 5.41 Å². The molecule has 0 saturated heterocycles. The van der Waals surface area contributed by atoms with Gasteiger partial charge >= 0.3 is 0 Å². The van der Waals surface area contributed by atoms with Crippen LogP contribution in [0, 0.1) is 16.7 Å². The molecule has 3 atom stereocenters. The molecule has 2 fully saturated rings. The molecule has 1 heteroatoms. The van der Waals surface area contributed by atoms with E-state index in [1.807, 2.05) is 0 Å². The zero-order valence-electron chi connectivity index (χ0n) is 9.84. The van der Waals surface area contributed by atoms with Crippen molar-refractivity contribution in [3.63, 3.8) is 0 Å². The molecule has 1 N–H and O–H groups in total. The van der Waals surface area contributed by atoms with Crippen molar-refractivity contribution < 1.29 is 5.11 Å². The summed E-state index contributed by atoms with van der Waals surface area (Å²) in [5, 5.41) is 10.1. The van der Waals surface area contributed by atoms with Gasteiger partial charge in [0, 0.05) is 0 Å². The number of hydrogen-bond donors (Lipinski definition) is 1. The van der Waals surface area contributed by atoms with Gasteiger partial charge in [-0.25, -0.2) is 0 Å². The summed E-state index contributed by atoms with van der Waals surface area (Å²) in [5.74, 6) is 0.743. The summed E-state index contributed by atoms with van der Waals surface area (Å²) in [6.07, 6.45) is 7.67. The van der Waals surface area contributed by atoms with Crippen LogP contribution in [0.25, 0.3) is 0 Å². The molecule has 2 saturated carbocycles. The van der Waals surface area contributed by atoms with E-state index >= 15 is 0 Å². The maximum atomic E-state index is 10.1. The highest BCUT2D eigenvalue weighted by Gasteiger charge is 2.51. The van der Waals surface area contributed by atoms with Crippen molar-refractivity contribution in [2.45, 2.75) is 65.4 Å². The predicted octanol–water partition coefficient (Wildman–Crippen LogP) is 3.36. The van der Waals surface area contributed by atoms with E-state index in [0.717, 1.165) is 12.3 Å². The summed E-state index contributed by atoms with van der Waals surface area (Å²) in [5.41, 5.74) is 0.675. The first kappa shape index (κ1) is 10.5. The van der Waals surface area contributed by atoms with Gasteiger partial charge in [0.15, 0.2) is 0 Å². The van der Waals surface area contributed by atoms with Crippen molar-refractivity contribution in [2.75, 3.05) is 0 Å². The van der Waals surface area contributed by atoms with E-state index in [9.17, 15) is 5.11 Å². The minimum absolute atomic E-state index is 0.0707. The fourth-order valence-corrected chi connectivity index (χ4v) is 4.04. The molecular formula is C13H24O. The lowest BCUT2D eigenvalue weighted by molar-refractivity contribution is -0.112. The highest BCUT2D eigenvalue weighted by Crippen LogP contribution is 2.57. The molecule has 0 unspecified atom stereocenters. The monoisotopic (exact) mass is 196 g/mol. The lowest BCUT2D eigenvalue weighted by Gasteiger charge is -2.55. The first-order chi connectivity index (χ1) is 6.47. The third-order valence-corrected chi connectivity index (χ3v) is 5.08. The second kappa shape index (κ2) is 3.23. The van der Waals surface area contributed by atoms with E-state index in [1.54, 1.807) is 0 Å². The zero-order chi connectivity index (χ0) is 10.4. The van der Waals surface area contributed by atoms with Gasteiger partial charge in [0.05, 0.1) is 6.10 Å². The van der Waals surface area contributed by atoms with Gasteiger partial charge in [-0.15, -0.1) is 0 Å². The highest BCUT2D eigenvalue weighted by molar-refractivity contribution is 5.01. The molecule has 0 aromatic heterocycles. The van der Waals surface area contributed by atoms with Gasteiger partial charge in [0.1, 0.15) is 0 Å². The molecule has 2 aliphatic carbocycles. The van der Waals surface area contributed by atoms with Crippen molar-refractivity contribution in [1.29, 1.82) is 0 Å². The van der Waals surface area contributed by atoms with Crippen molar-refractivity contribution in [2.24, 2.45) is 16.7 Å². The van der Waals surface area contributed by atoms with Gasteiger partial charge in [0.2, 0.25) is 0 Å². The molecule has 0 aromatic rings. The molecule has 0 radical (unpaired) electrons. The first-order valence-corrected chi connectivity index (χ1v) is 6.15. The maximum absolute atomic E-state index is 10.1. The lowest BCUT2D eigenvalue weighted by Crippen LogP contribution is -2.51. The summed E-state index contributed by atoms with van der Waals surface area (Å²) < 4.78 is 0. The summed E-state index contributed by atoms with van der Waals surface area (Å²) in [6, 6.07) is 0. The van der Waals surface area contributed by atoms with Crippen LogP contribution < -0.4 is 0 Å². The van der Waals surface area contributed by atoms with Crippen LogP contribution in [0.4, 0.5) is 0 Å². The van der Waals surface area contributed by atoms with Gasteiger partial charge in [-0.05, 0) is 42.4 Å². The zero-order valence-corrected chi connectivity index (χ0v) is 9.84. The Morgan fingerprint density at radius 3 is 2.43 bits per heavy atom. The fourth-order valence-electron chi connectivity index (χ4n) is 4.04. The molecule has 0 spiro atoms. The van der Waals surface area contributed by atoms with Gasteiger partial charge < -0.3 is 5.11 Å². The fraction of sp³-hybridized carbons (Fsp3) is 1.00. The summed E-state index contributed by atoms with van der Waals surface area (Å²) in [4.78, 5) is 0. The number of aliphatic hydroxyl groups is 1. The average Bonchev–Trinajstić information content (AvgIpc) is 2.13. The molecule has 0 heterocycles. The summed E-state index contributed by atoms with van der Waals surface area (Å²) >= 11 is 0. The van der Waals surface area contributed by atoms with E-state index in [4.69, 9.17) is 0 Å². The molecular weight excluding hydrogens is 172 g/mol. The quantitative estimate of drug-likeness (QED) is 0.630. The molecule has 0 amide bonds. The molecule has 82 valence electrons. The molecule has 1 nitrogen and oxygen atoms in total. The van der Waals surface area contributed by atoms with Crippen LogP contribution in [-0.4, -0.2) is 11.2 Å². The van der Waals surface area contributed by atoms with Crippen LogP contribution in [0.2, 0.25) is 0 Å². The van der Waals surface area contributed by atoms with Gasteiger partial charge in [-0.3, -0.25) is 0 Å². The minimum atomic E-state index is -0.0707. The lowest BCUT2D eigenvalue weighted by atomic mass is 9.51. The molecule has 2 rings (SSSR count). The Hall–Kier alpha value is -0.0400. The SMILES string of the molecule is CC1(C)[C@H](O)CC[C@@]2(C)CCCC[C@H]12. The molecule has 0 bridgehead atoms. The van der Waals surface area contributed by atoms with Crippen molar-refractivity contribution in [3.8, 4) is 0 Å². The van der Waals surface area contributed by atoms with E-state index in [-0.39, 0.29) is 11.5 Å². The largest absolute Gasteiger partial charge is 0.393 e. The van der Waals surface area contributed by atoms with Crippen molar-refractivity contribution in [1.82, 2.24) is 0 Å². The van der Waals surface area contributed by atoms with Crippen LogP contribution in [-0.2, 0) is 0 Å². The average molecular weight is 196 g/mol. The summed E-state index contributed by atoms with van der Waals surface area (Å²) in [7, 11) is 0. The molecule has 0 aliphatic heterocycles. The van der Waals surface area contributed by atoms with E-state index < -0.39 is 0 Å². The number of rotatable bonds is 0. The Kier molecular flexibility index (Phi) is 2.42. The molecule has 2 aliphatic rings. The Morgan fingerprint density at radius 1 is 1.00 bits per heavy atom. The van der Waals surface area contributed by atoms with Gasteiger partial charge in [0.25, 0.3) is 0 Å². The maximum Gasteiger partial charge on any atom is 0.0594 e. The molecule has 14 heavy (non-hydrogen) atoms. The first-order valence-electron chi connectivity index (χ1n) is 6.15. The third kappa shape index (κ3) is 1.41. The number of hydrogen-bond acceptors (Lipinski definition) is 1. The van der Waals surface area contributed by atoms with Crippen LogP contribution in [0.15, 0.2) is 0 Å². The summed E-state index contributed by atoms with van der Waals surface area (Å²) in [6.45, 7) is 6.99. The second-order valence-corrected chi connectivity index (χ2v) is 6.33. The third-order valence-electron chi connectivity index (χ3n) is 5.08. The Bertz CT molecular complexity index is 217. The van der Waals surface area contributed by atoms with Crippen molar-refractivity contribution >= 4 is 0 Å². The van der Waals surface area contributed by atoms with Crippen LogP contribution >= 0.6 is 0 Å². The van der Waals surface area contributed by atoms with Gasteiger partial charge in [-0.2, -0.15) is 0 Å². The van der Waals surface area contributed by atoms with Gasteiger partial charge in [-0.1, -0.05) is 33.6 Å². The molecule has 0 aromatic carbocycles. The van der Waals surface area contributed by atoms with E-state index in [1.165, 1.54) is 32.1 Å². The van der Waals surface area contributed by atoms with Crippen LogP contribution in [0.3, 0.4) is 0 Å². The predicted molar refractivity (Wildman–Crippen MR) is 59.1 cm³/mol. The van der Waals surface area contributed by atoms with E-state index in [2.05, 4.69) is 20.8 Å². The smallest absolute Gasteiger partial charge is 0.0594 e. The number of fused-ring (bicyclic) bond motifs is 1. The normalized spacial score (nSPS) is 47.1. The van der Waals surface area contributed by atoms with Crippen LogP contribution in [0.5, 0.6) is 0 Å².